The summed E-state index contributed by atoms with van der Waals surface area (Å²) in [4.78, 5) is 16.9. The molecule has 1 fully saturated rings. The summed E-state index contributed by atoms with van der Waals surface area (Å²) in [5.41, 5.74) is 0.619. The van der Waals surface area contributed by atoms with Crippen LogP contribution in [0.5, 0.6) is 0 Å². The van der Waals surface area contributed by atoms with Crippen LogP contribution in [-0.2, 0) is 14.8 Å². The fraction of sp³-hybridized carbons (Fsp3) is 0.476. The first-order valence-electron chi connectivity index (χ1n) is 10.3. The van der Waals surface area contributed by atoms with Crippen molar-refractivity contribution in [1.82, 2.24) is 14.9 Å². The highest BCUT2D eigenvalue weighted by Gasteiger charge is 2.29. The Hall–Kier alpha value is -2.01. The van der Waals surface area contributed by atoms with E-state index in [-0.39, 0.29) is 21.9 Å². The van der Waals surface area contributed by atoms with Gasteiger partial charge in [0.05, 0.1) is 5.69 Å². The van der Waals surface area contributed by atoms with Gasteiger partial charge in [-0.15, -0.1) is 11.3 Å². The van der Waals surface area contributed by atoms with E-state index in [9.17, 15) is 17.6 Å². The minimum Gasteiger partial charge on any atom is -0.367 e. The number of carbonyl (C=O) groups is 1. The Labute approximate surface area is 187 Å². The molecule has 1 aromatic carbocycles. The third-order valence-electron chi connectivity index (χ3n) is 5.28. The molecule has 1 atom stereocenters. The maximum Gasteiger partial charge on any atom is 0.250 e. The summed E-state index contributed by atoms with van der Waals surface area (Å²) in [6, 6.07) is 9.11. The molecule has 0 saturated carbocycles. The summed E-state index contributed by atoms with van der Waals surface area (Å²) in [6.07, 6.45) is 0. The number of hydrogen-bond donors (Lipinski definition) is 2. The standard InChI is InChI=1S/C21H29FN4O3S2/c1-16(2)20(24-31(28,29)19-8-5-15-30-19)21(27)23-9-10-25-11-13-26(14-12-25)18-7-4-3-6-17(18)22/h3-8,15-16,20,24H,9-14H2,1-2H3,(H,23,27)/t20-/m0/s1. The number of para-hydroxylation sites is 1. The molecule has 7 nitrogen and oxygen atoms in total. The molecule has 2 heterocycles. The van der Waals surface area contributed by atoms with E-state index in [1.165, 1.54) is 12.1 Å². The van der Waals surface area contributed by atoms with E-state index < -0.39 is 16.1 Å². The maximum absolute atomic E-state index is 14.0. The topological polar surface area (TPSA) is 81.7 Å². The second kappa shape index (κ2) is 10.5. The summed E-state index contributed by atoms with van der Waals surface area (Å²) in [7, 11) is -3.73. The summed E-state index contributed by atoms with van der Waals surface area (Å²) in [5, 5.41) is 4.54. The molecule has 1 aromatic heterocycles. The average molecular weight is 469 g/mol. The van der Waals surface area contributed by atoms with E-state index in [0.29, 0.717) is 31.9 Å². The van der Waals surface area contributed by atoms with Crippen molar-refractivity contribution in [2.45, 2.75) is 24.1 Å². The van der Waals surface area contributed by atoms with Crippen LogP contribution in [0.1, 0.15) is 13.8 Å². The monoisotopic (exact) mass is 468 g/mol. The molecule has 170 valence electrons. The van der Waals surface area contributed by atoms with Gasteiger partial charge in [-0.2, -0.15) is 4.72 Å². The van der Waals surface area contributed by atoms with Crippen molar-refractivity contribution < 1.29 is 17.6 Å². The Balaban J connectivity index is 1.46. The van der Waals surface area contributed by atoms with Crippen LogP contribution in [0.25, 0.3) is 0 Å². The van der Waals surface area contributed by atoms with Crippen LogP contribution in [0.2, 0.25) is 0 Å². The van der Waals surface area contributed by atoms with Crippen molar-refractivity contribution in [3.8, 4) is 0 Å². The van der Waals surface area contributed by atoms with Gasteiger partial charge in [-0.05, 0) is 29.5 Å². The minimum atomic E-state index is -3.73. The zero-order chi connectivity index (χ0) is 22.4. The smallest absolute Gasteiger partial charge is 0.250 e. The Morgan fingerprint density at radius 2 is 1.84 bits per heavy atom. The van der Waals surface area contributed by atoms with E-state index in [0.717, 1.165) is 24.4 Å². The average Bonchev–Trinajstić information content (AvgIpc) is 3.29. The summed E-state index contributed by atoms with van der Waals surface area (Å²) >= 11 is 1.12. The molecule has 0 bridgehead atoms. The van der Waals surface area contributed by atoms with Crippen molar-refractivity contribution in [3.05, 3.63) is 47.6 Å². The third kappa shape index (κ3) is 6.25. The molecule has 3 rings (SSSR count). The van der Waals surface area contributed by atoms with E-state index in [1.54, 1.807) is 23.6 Å². The van der Waals surface area contributed by atoms with Crippen molar-refractivity contribution in [2.24, 2.45) is 5.92 Å². The predicted octanol–water partition coefficient (Wildman–Crippen LogP) is 2.13. The Morgan fingerprint density at radius 1 is 1.13 bits per heavy atom. The van der Waals surface area contributed by atoms with Crippen molar-refractivity contribution in [1.29, 1.82) is 0 Å². The number of halogens is 1. The molecule has 10 heteroatoms. The van der Waals surface area contributed by atoms with Gasteiger partial charge in [0.15, 0.2) is 0 Å². The van der Waals surface area contributed by atoms with Gasteiger partial charge in [0, 0.05) is 39.3 Å². The van der Waals surface area contributed by atoms with E-state index in [2.05, 4.69) is 14.9 Å². The molecular formula is C21H29FN4O3S2. The molecule has 0 spiro atoms. The fourth-order valence-corrected chi connectivity index (χ4v) is 5.86. The number of nitrogens with zero attached hydrogens (tertiary/aromatic N) is 2. The lowest BCUT2D eigenvalue weighted by Crippen LogP contribution is -2.52. The number of carbonyl (C=O) groups excluding carboxylic acids is 1. The molecule has 2 aromatic rings. The molecule has 1 amide bonds. The number of piperazine rings is 1. The quantitative estimate of drug-likeness (QED) is 0.589. The Kier molecular flexibility index (Phi) is 8.04. The van der Waals surface area contributed by atoms with Crippen LogP contribution >= 0.6 is 11.3 Å². The first-order valence-corrected chi connectivity index (χ1v) is 12.7. The van der Waals surface area contributed by atoms with Crippen LogP contribution in [0.15, 0.2) is 46.0 Å². The van der Waals surface area contributed by atoms with Gasteiger partial charge < -0.3 is 10.2 Å². The lowest BCUT2D eigenvalue weighted by Gasteiger charge is -2.36. The van der Waals surface area contributed by atoms with Crippen molar-refractivity contribution >= 4 is 33.0 Å². The number of rotatable bonds is 9. The SMILES string of the molecule is CC(C)[C@H](NS(=O)(=O)c1cccs1)C(=O)NCCN1CCN(c2ccccc2F)CC1. The number of anilines is 1. The highest BCUT2D eigenvalue weighted by molar-refractivity contribution is 7.91. The molecule has 1 saturated heterocycles. The first-order chi connectivity index (χ1) is 14.8. The van der Waals surface area contributed by atoms with Crippen LogP contribution in [0.3, 0.4) is 0 Å². The maximum atomic E-state index is 14.0. The zero-order valence-electron chi connectivity index (χ0n) is 17.8. The van der Waals surface area contributed by atoms with Crippen molar-refractivity contribution in [3.63, 3.8) is 0 Å². The van der Waals surface area contributed by atoms with Gasteiger partial charge in [-0.3, -0.25) is 9.69 Å². The first kappa shape index (κ1) is 23.6. The zero-order valence-corrected chi connectivity index (χ0v) is 19.4. The second-order valence-electron chi connectivity index (χ2n) is 7.85. The van der Waals surface area contributed by atoms with Gasteiger partial charge in [0.25, 0.3) is 10.0 Å². The van der Waals surface area contributed by atoms with Crippen LogP contribution in [-0.4, -0.2) is 64.5 Å². The lowest BCUT2D eigenvalue weighted by molar-refractivity contribution is -0.123. The van der Waals surface area contributed by atoms with Gasteiger partial charge in [-0.25, -0.2) is 12.8 Å². The molecule has 31 heavy (non-hydrogen) atoms. The highest BCUT2D eigenvalue weighted by Crippen LogP contribution is 2.20. The van der Waals surface area contributed by atoms with Crippen LogP contribution < -0.4 is 14.9 Å². The molecular weight excluding hydrogens is 439 g/mol. The number of nitrogens with one attached hydrogen (secondary N) is 2. The fourth-order valence-electron chi connectivity index (χ4n) is 3.50. The molecule has 0 radical (unpaired) electrons. The van der Waals surface area contributed by atoms with Gasteiger partial charge in [-0.1, -0.05) is 32.0 Å². The van der Waals surface area contributed by atoms with E-state index in [4.69, 9.17) is 0 Å². The number of amides is 1. The van der Waals surface area contributed by atoms with Gasteiger partial charge >= 0.3 is 0 Å². The number of benzene rings is 1. The van der Waals surface area contributed by atoms with E-state index in [1.807, 2.05) is 24.8 Å². The Bertz CT molecular complexity index is 959. The highest BCUT2D eigenvalue weighted by atomic mass is 32.2. The molecule has 0 unspecified atom stereocenters. The molecule has 2 N–H and O–H groups in total. The number of hydrogen-bond acceptors (Lipinski definition) is 6. The van der Waals surface area contributed by atoms with Crippen LogP contribution in [0.4, 0.5) is 10.1 Å². The van der Waals surface area contributed by atoms with E-state index >= 15 is 0 Å². The molecule has 0 aliphatic carbocycles. The number of thiophene rings is 1. The largest absolute Gasteiger partial charge is 0.367 e. The predicted molar refractivity (Wildman–Crippen MR) is 121 cm³/mol. The molecule has 1 aliphatic heterocycles. The van der Waals surface area contributed by atoms with Crippen molar-refractivity contribution in [2.75, 3.05) is 44.2 Å². The normalized spacial score (nSPS) is 16.5. The van der Waals surface area contributed by atoms with Gasteiger partial charge in [0.1, 0.15) is 16.1 Å². The van der Waals surface area contributed by atoms with Crippen LogP contribution in [0, 0.1) is 11.7 Å². The lowest BCUT2D eigenvalue weighted by atomic mass is 10.1. The number of sulfonamides is 1. The molecule has 1 aliphatic rings. The summed E-state index contributed by atoms with van der Waals surface area (Å²) in [6.45, 7) is 7.65. The summed E-state index contributed by atoms with van der Waals surface area (Å²) in [5.74, 6) is -0.743. The third-order valence-corrected chi connectivity index (χ3v) is 8.12. The van der Waals surface area contributed by atoms with Gasteiger partial charge in [0.2, 0.25) is 5.91 Å². The minimum absolute atomic E-state index is 0.193. The Morgan fingerprint density at radius 3 is 2.45 bits per heavy atom. The summed E-state index contributed by atoms with van der Waals surface area (Å²) < 4.78 is 41.7. The second-order valence-corrected chi connectivity index (χ2v) is 10.7.